The predicted molar refractivity (Wildman–Crippen MR) is 147 cm³/mol. The number of aromatic hydroxyl groups is 1. The fourth-order valence-corrected chi connectivity index (χ4v) is 9.58. The maximum atomic E-state index is 12.2. The second-order valence-corrected chi connectivity index (χ2v) is 14.3. The molecule has 8 nitrogen and oxygen atoms in total. The normalized spacial score (nSPS) is 38.9. The van der Waals surface area contributed by atoms with Crippen molar-refractivity contribution in [1.29, 1.82) is 0 Å². The third kappa shape index (κ3) is 3.53. The first-order valence-corrected chi connectivity index (χ1v) is 14.5. The molecule has 4 bridgehead atoms. The van der Waals surface area contributed by atoms with Gasteiger partial charge in [0.05, 0.1) is 5.60 Å². The van der Waals surface area contributed by atoms with Gasteiger partial charge in [0.2, 0.25) is 0 Å². The zero-order chi connectivity index (χ0) is 27.5. The van der Waals surface area contributed by atoms with Gasteiger partial charge in [0.1, 0.15) is 11.7 Å². The maximum absolute atomic E-state index is 12.2. The van der Waals surface area contributed by atoms with Crippen LogP contribution in [0.5, 0.6) is 11.5 Å². The molecule has 39 heavy (non-hydrogen) atoms. The fraction of sp³-hybridized carbons (Fsp3) is 0.774. The lowest BCUT2D eigenvalue weighted by molar-refractivity contribution is -0.312. The van der Waals surface area contributed by atoms with E-state index in [-0.39, 0.29) is 39.5 Å². The van der Waals surface area contributed by atoms with Gasteiger partial charge in [0, 0.05) is 48.9 Å². The number of phenols is 1. The van der Waals surface area contributed by atoms with Gasteiger partial charge in [0.25, 0.3) is 5.97 Å². The van der Waals surface area contributed by atoms with Crippen LogP contribution in [0, 0.1) is 22.7 Å². The van der Waals surface area contributed by atoms with Crippen LogP contribution in [0.15, 0.2) is 12.1 Å². The number of methoxy groups -OCH3 is 1. The van der Waals surface area contributed by atoms with E-state index in [9.17, 15) is 10.2 Å². The molecule has 1 aromatic rings. The average molecular weight is 546 g/mol. The van der Waals surface area contributed by atoms with Gasteiger partial charge in [-0.3, -0.25) is 9.69 Å². The highest BCUT2D eigenvalue weighted by Gasteiger charge is 2.82. The van der Waals surface area contributed by atoms with E-state index in [0.717, 1.165) is 51.5 Å². The van der Waals surface area contributed by atoms with Crippen LogP contribution < -0.4 is 4.74 Å². The maximum Gasteiger partial charge on any atom is 0.300 e. The largest absolute Gasteiger partial charge is 0.504 e. The number of ether oxygens (including phenoxy) is 2. The van der Waals surface area contributed by atoms with Gasteiger partial charge in [-0.1, -0.05) is 26.8 Å². The second kappa shape index (κ2) is 8.81. The Morgan fingerprint density at radius 1 is 1.18 bits per heavy atom. The number of hydrogen-bond donors (Lipinski definition) is 3. The molecule has 2 heterocycles. The minimum atomic E-state index is -0.909. The number of phenolic OH excluding ortho intramolecular Hbond substituents is 1. The van der Waals surface area contributed by atoms with Gasteiger partial charge in [0.15, 0.2) is 11.5 Å². The number of nitrogens with zero attached hydrogens (tertiary/aromatic N) is 1. The Balaban J connectivity index is 0.000000579. The number of piperidine rings is 1. The Hall–Kier alpha value is -1.87. The molecule has 7 aliphatic rings. The van der Waals surface area contributed by atoms with Crippen molar-refractivity contribution in [3.8, 4) is 11.5 Å². The Bertz CT molecular complexity index is 1150. The van der Waals surface area contributed by atoms with E-state index in [2.05, 4.69) is 31.7 Å². The van der Waals surface area contributed by atoms with Gasteiger partial charge in [-0.05, 0) is 81.4 Å². The number of likely N-dealkylation sites (tertiary alicyclic amines) is 1. The number of benzene rings is 1. The highest BCUT2D eigenvalue weighted by atomic mass is 16.6. The van der Waals surface area contributed by atoms with Crippen molar-refractivity contribution in [2.24, 2.45) is 22.7 Å². The average Bonchev–Trinajstić information content (AvgIpc) is 3.58. The Morgan fingerprint density at radius 3 is 2.44 bits per heavy atom. The van der Waals surface area contributed by atoms with E-state index < -0.39 is 17.2 Å². The lowest BCUT2D eigenvalue weighted by Crippen LogP contribution is -2.83. The summed E-state index contributed by atoms with van der Waals surface area (Å²) in [6.07, 6.45) is 7.64. The number of hydrogen-bond acceptors (Lipinski definition) is 6. The molecule has 0 unspecified atom stereocenters. The van der Waals surface area contributed by atoms with Crippen LogP contribution in [0.4, 0.5) is 0 Å². The summed E-state index contributed by atoms with van der Waals surface area (Å²) in [6.45, 7) is 11.9. The topological polar surface area (TPSA) is 131 Å². The molecule has 0 radical (unpaired) electrons. The molecule has 1 saturated heterocycles. The number of rotatable bonds is 4. The summed E-state index contributed by atoms with van der Waals surface area (Å²) in [4.78, 5) is 11.8. The van der Waals surface area contributed by atoms with Crippen LogP contribution in [-0.2, 0) is 21.4 Å². The number of carboxylic acid groups (broad SMARTS) is 1. The quantitative estimate of drug-likeness (QED) is 0.526. The molecule has 1 aromatic carbocycles. The lowest BCUT2D eigenvalue weighted by atomic mass is 9.33. The van der Waals surface area contributed by atoms with E-state index in [1.807, 2.05) is 20.1 Å². The first kappa shape index (κ1) is 28.7. The molecular formula is C31H47NO7. The van der Waals surface area contributed by atoms with Gasteiger partial charge in [-0.25, -0.2) is 0 Å². The minimum Gasteiger partial charge on any atom is -0.504 e. The summed E-state index contributed by atoms with van der Waals surface area (Å²) in [6, 6.07) is 4.46. The van der Waals surface area contributed by atoms with Crippen molar-refractivity contribution in [3.63, 3.8) is 0 Å². The van der Waals surface area contributed by atoms with Crippen LogP contribution in [-0.4, -0.2) is 75.2 Å². The van der Waals surface area contributed by atoms with Gasteiger partial charge in [-0.15, -0.1) is 0 Å². The Morgan fingerprint density at radius 2 is 1.85 bits per heavy atom. The molecule has 0 aromatic heterocycles. The number of aliphatic hydroxyl groups is 1. The summed E-state index contributed by atoms with van der Waals surface area (Å²) in [5, 5.41) is 30.6. The lowest BCUT2D eigenvalue weighted by Gasteiger charge is -2.75. The number of carboxylic acids is 1. The highest BCUT2D eigenvalue weighted by Crippen LogP contribution is 2.78. The minimum absolute atomic E-state index is 0. The number of aliphatic carboxylic acids is 1. The zero-order valence-electron chi connectivity index (χ0n) is 24.3. The van der Waals surface area contributed by atoms with E-state index >= 15 is 0 Å². The SMILES string of the molecule is CC(=O)O.CO[C@@]12CC[C@@]3(C[C@@H]1[C@](C)(O)C(C)(C)C)[C@H]1Cc4ccc(O)c5c4[C@@]3(CCN1CC1CC1)[C@H]2O5.O. The Kier molecular flexibility index (Phi) is 6.47. The standard InChI is InChI=1S/C29H41NO4.C2H4O2.H2O/c1-25(2,3)26(4,32)20-15-27-10-11-29(20,33-5)24-28(27)12-13-30(16-17-6-7-17)21(27)14-18-8-9-19(31)23(34-24)22(18)28;1-2(3)4;/h8-9,17,20-21,24,31-32H,6-7,10-16H2,1-5H3;1H3,(H,3,4);1H2/t20-,21-,24-,26+,27-,28+,29+;;/m1../s1. The second-order valence-electron chi connectivity index (χ2n) is 14.3. The summed E-state index contributed by atoms with van der Waals surface area (Å²) in [5.74, 6) is 0.969. The molecule has 5 aliphatic carbocycles. The molecule has 7 atom stereocenters. The number of fused-ring (bicyclic) bond motifs is 2. The molecule has 2 spiro atoms. The molecule has 8 heteroatoms. The highest BCUT2D eigenvalue weighted by molar-refractivity contribution is 5.63. The molecular weight excluding hydrogens is 498 g/mol. The van der Waals surface area contributed by atoms with Crippen molar-refractivity contribution in [2.45, 2.75) is 108 Å². The van der Waals surface area contributed by atoms with Crippen molar-refractivity contribution in [1.82, 2.24) is 4.90 Å². The fourth-order valence-electron chi connectivity index (χ4n) is 9.58. The van der Waals surface area contributed by atoms with E-state index in [0.29, 0.717) is 11.8 Å². The number of carbonyl (C=O) groups is 1. The zero-order valence-corrected chi connectivity index (χ0v) is 24.3. The van der Waals surface area contributed by atoms with Gasteiger partial charge < -0.3 is 30.3 Å². The van der Waals surface area contributed by atoms with Gasteiger partial charge >= 0.3 is 0 Å². The summed E-state index contributed by atoms with van der Waals surface area (Å²) < 4.78 is 13.5. The van der Waals surface area contributed by atoms with E-state index in [1.54, 1.807) is 0 Å². The van der Waals surface area contributed by atoms with Crippen LogP contribution in [0.1, 0.15) is 84.3 Å². The first-order valence-electron chi connectivity index (χ1n) is 14.5. The van der Waals surface area contributed by atoms with Gasteiger partial charge in [-0.2, -0.15) is 0 Å². The third-order valence-corrected chi connectivity index (χ3v) is 11.9. The van der Waals surface area contributed by atoms with Crippen LogP contribution in [0.25, 0.3) is 0 Å². The van der Waals surface area contributed by atoms with Crippen LogP contribution in [0.3, 0.4) is 0 Å². The molecule has 218 valence electrons. The van der Waals surface area contributed by atoms with Crippen molar-refractivity contribution >= 4 is 5.97 Å². The predicted octanol–water partition coefficient (Wildman–Crippen LogP) is 3.68. The molecule has 5 N–H and O–H groups in total. The molecule has 5 fully saturated rings. The molecule has 4 saturated carbocycles. The summed E-state index contributed by atoms with van der Waals surface area (Å²) >= 11 is 0. The summed E-state index contributed by atoms with van der Waals surface area (Å²) in [5.41, 5.74) is 0.783. The first-order chi connectivity index (χ1) is 17.7. The van der Waals surface area contributed by atoms with Crippen molar-refractivity contribution in [2.75, 3.05) is 20.2 Å². The molecule has 2 aliphatic heterocycles. The van der Waals surface area contributed by atoms with Crippen molar-refractivity contribution < 1.29 is 35.1 Å². The Labute approximate surface area is 232 Å². The van der Waals surface area contributed by atoms with Crippen molar-refractivity contribution in [3.05, 3.63) is 23.3 Å². The molecule has 8 rings (SSSR count). The molecule has 0 amide bonds. The summed E-state index contributed by atoms with van der Waals surface area (Å²) in [7, 11) is 1.83. The smallest absolute Gasteiger partial charge is 0.300 e. The third-order valence-electron chi connectivity index (χ3n) is 11.9. The van der Waals surface area contributed by atoms with E-state index in [4.69, 9.17) is 19.4 Å². The van der Waals surface area contributed by atoms with Crippen LogP contribution >= 0.6 is 0 Å². The van der Waals surface area contributed by atoms with E-state index in [1.165, 1.54) is 30.5 Å². The monoisotopic (exact) mass is 545 g/mol. The van der Waals surface area contributed by atoms with Crippen LogP contribution in [0.2, 0.25) is 0 Å².